The summed E-state index contributed by atoms with van der Waals surface area (Å²) >= 11 is 0. The van der Waals surface area contributed by atoms with Gasteiger partial charge in [-0.3, -0.25) is 4.79 Å². The average Bonchev–Trinajstić information content (AvgIpc) is 3.03. The Kier molecular flexibility index (Phi) is 2.72. The number of hydrogen-bond donors (Lipinski definition) is 1. The third-order valence-electron chi connectivity index (χ3n) is 3.63. The van der Waals surface area contributed by atoms with Crippen molar-refractivity contribution in [3.05, 3.63) is 24.4 Å². The second-order valence-electron chi connectivity index (χ2n) is 4.91. The van der Waals surface area contributed by atoms with Gasteiger partial charge in [0.05, 0.1) is 13.2 Å². The van der Waals surface area contributed by atoms with Crippen molar-refractivity contribution < 1.29 is 18.8 Å². The molecule has 2 amide bonds. The number of fused-ring (bicyclic) bond motifs is 1. The first-order valence-electron chi connectivity index (χ1n) is 6.18. The quantitative estimate of drug-likeness (QED) is 0.828. The number of cyclic esters (lactones) is 1. The summed E-state index contributed by atoms with van der Waals surface area (Å²) in [6.45, 7) is 0.248. The van der Waals surface area contributed by atoms with Crippen molar-refractivity contribution in [1.29, 1.82) is 0 Å². The lowest BCUT2D eigenvalue weighted by molar-refractivity contribution is -0.127. The Hall–Kier alpha value is -2.41. The van der Waals surface area contributed by atoms with Crippen LogP contribution in [0.5, 0.6) is 0 Å². The summed E-state index contributed by atoms with van der Waals surface area (Å²) in [7, 11) is 3.22. The fraction of sp³-hybridized carbons (Fsp3) is 0.308. The number of carbonyl (C=O) groups excluding carboxylic acids is 2. The summed E-state index contributed by atoms with van der Waals surface area (Å²) in [6, 6.07) is 5.38. The number of rotatable bonds is 2. The Morgan fingerprint density at radius 1 is 1.50 bits per heavy atom. The SMILES string of the molecule is CNC(=O)[C@H]1C[N+](C)(c2ccc3cnoc3c2)C(=O)O1. The minimum atomic E-state index is -0.775. The van der Waals surface area contributed by atoms with Crippen molar-refractivity contribution in [2.45, 2.75) is 6.10 Å². The number of benzene rings is 1. The molecule has 2 heterocycles. The van der Waals surface area contributed by atoms with Crippen LogP contribution in [0.2, 0.25) is 0 Å². The van der Waals surface area contributed by atoms with Crippen LogP contribution in [0.25, 0.3) is 11.0 Å². The number of carbonyl (C=O) groups is 2. The van der Waals surface area contributed by atoms with Gasteiger partial charge in [0.2, 0.25) is 6.10 Å². The highest BCUT2D eigenvalue weighted by atomic mass is 16.6. The van der Waals surface area contributed by atoms with E-state index in [-0.39, 0.29) is 16.9 Å². The van der Waals surface area contributed by atoms with Gasteiger partial charge in [-0.2, -0.15) is 9.28 Å². The van der Waals surface area contributed by atoms with Gasteiger partial charge in [0, 0.05) is 24.6 Å². The van der Waals surface area contributed by atoms with E-state index in [2.05, 4.69) is 10.5 Å². The summed E-state index contributed by atoms with van der Waals surface area (Å²) in [5.41, 5.74) is 1.30. The number of quaternary nitrogens is 1. The molecule has 2 aromatic rings. The monoisotopic (exact) mass is 276 g/mol. The molecule has 0 saturated carbocycles. The molecule has 0 bridgehead atoms. The molecule has 0 aliphatic carbocycles. The van der Waals surface area contributed by atoms with Gasteiger partial charge in [-0.1, -0.05) is 5.16 Å². The lowest BCUT2D eigenvalue weighted by Crippen LogP contribution is -2.47. The van der Waals surface area contributed by atoms with E-state index in [9.17, 15) is 9.59 Å². The predicted molar refractivity (Wildman–Crippen MR) is 70.9 cm³/mol. The average molecular weight is 276 g/mol. The van der Waals surface area contributed by atoms with E-state index in [1.807, 2.05) is 12.1 Å². The summed E-state index contributed by atoms with van der Waals surface area (Å²) in [5, 5.41) is 7.05. The number of ether oxygens (including phenoxy) is 1. The molecule has 1 aliphatic heterocycles. The van der Waals surface area contributed by atoms with Crippen LogP contribution in [-0.2, 0) is 9.53 Å². The number of likely N-dealkylation sites (N-methyl/N-ethyl adjacent to an activating group) is 2. The molecule has 2 atom stereocenters. The van der Waals surface area contributed by atoms with Gasteiger partial charge in [0.15, 0.2) is 5.58 Å². The van der Waals surface area contributed by atoms with E-state index < -0.39 is 12.2 Å². The van der Waals surface area contributed by atoms with Gasteiger partial charge < -0.3 is 14.6 Å². The maximum absolute atomic E-state index is 12.1. The molecule has 104 valence electrons. The maximum atomic E-state index is 12.1. The fourth-order valence-corrected chi connectivity index (χ4v) is 2.35. The van der Waals surface area contributed by atoms with E-state index in [4.69, 9.17) is 9.26 Å². The molecular weight excluding hydrogens is 262 g/mol. The normalized spacial score (nSPS) is 25.7. The van der Waals surface area contributed by atoms with Gasteiger partial charge in [0.1, 0.15) is 12.2 Å². The minimum Gasteiger partial charge on any atom is -0.400 e. The molecule has 1 fully saturated rings. The number of amides is 2. The van der Waals surface area contributed by atoms with E-state index in [1.165, 1.54) is 7.05 Å². The molecule has 0 radical (unpaired) electrons. The van der Waals surface area contributed by atoms with Crippen LogP contribution in [0.3, 0.4) is 0 Å². The first kappa shape index (κ1) is 12.6. The number of nitrogens with one attached hydrogen (secondary N) is 1. The van der Waals surface area contributed by atoms with E-state index in [0.29, 0.717) is 11.3 Å². The summed E-state index contributed by atoms with van der Waals surface area (Å²) < 4.78 is 10.2. The lowest BCUT2D eigenvalue weighted by Gasteiger charge is -2.21. The Morgan fingerprint density at radius 3 is 3.05 bits per heavy atom. The highest BCUT2D eigenvalue weighted by Crippen LogP contribution is 2.31. The summed E-state index contributed by atoms with van der Waals surface area (Å²) in [6.07, 6.45) is 0.370. The molecule has 1 saturated heterocycles. The zero-order valence-electron chi connectivity index (χ0n) is 11.1. The Balaban J connectivity index is 1.99. The molecule has 1 aromatic carbocycles. The topological polar surface area (TPSA) is 81.4 Å². The third kappa shape index (κ3) is 1.75. The molecular formula is C13H14N3O4+. The van der Waals surface area contributed by atoms with Crippen molar-refractivity contribution in [3.8, 4) is 0 Å². The fourth-order valence-electron chi connectivity index (χ4n) is 2.35. The lowest BCUT2D eigenvalue weighted by atomic mass is 10.2. The zero-order chi connectivity index (χ0) is 14.3. The van der Waals surface area contributed by atoms with Crippen molar-refractivity contribution >= 4 is 28.7 Å². The molecule has 7 heteroatoms. The maximum Gasteiger partial charge on any atom is 0.522 e. The zero-order valence-corrected chi connectivity index (χ0v) is 11.1. The van der Waals surface area contributed by atoms with Crippen molar-refractivity contribution in [3.63, 3.8) is 0 Å². The molecule has 3 rings (SSSR count). The second-order valence-corrected chi connectivity index (χ2v) is 4.91. The molecule has 0 spiro atoms. The van der Waals surface area contributed by atoms with Crippen LogP contribution in [0, 0.1) is 0 Å². The standard InChI is InChI=1S/C13H13N3O4/c1-14-12(17)11-7-16(2,13(18)19-11)9-4-3-8-6-15-20-10(8)5-9/h3-6,11H,7H2,1-2H3/p+1/t11-,16?/m1/s1. The van der Waals surface area contributed by atoms with Crippen LogP contribution in [0.1, 0.15) is 0 Å². The predicted octanol–water partition coefficient (Wildman–Crippen LogP) is 1.03. The van der Waals surface area contributed by atoms with Gasteiger partial charge in [0.25, 0.3) is 5.91 Å². The largest absolute Gasteiger partial charge is 0.522 e. The van der Waals surface area contributed by atoms with Gasteiger partial charge in [-0.15, -0.1) is 0 Å². The Labute approximate surface area is 114 Å². The Bertz CT molecular complexity index is 696. The summed E-state index contributed by atoms with van der Waals surface area (Å²) in [5.74, 6) is -0.305. The first-order valence-corrected chi connectivity index (χ1v) is 6.18. The van der Waals surface area contributed by atoms with E-state index >= 15 is 0 Å². The molecule has 1 aromatic heterocycles. The highest BCUT2D eigenvalue weighted by Gasteiger charge is 2.50. The van der Waals surface area contributed by atoms with E-state index in [0.717, 1.165) is 5.39 Å². The van der Waals surface area contributed by atoms with E-state index in [1.54, 1.807) is 19.3 Å². The first-order chi connectivity index (χ1) is 9.54. The van der Waals surface area contributed by atoms with Gasteiger partial charge in [-0.05, 0) is 6.07 Å². The molecule has 1 N–H and O–H groups in total. The third-order valence-corrected chi connectivity index (χ3v) is 3.63. The summed E-state index contributed by atoms with van der Waals surface area (Å²) in [4.78, 5) is 23.7. The van der Waals surface area contributed by atoms with Crippen LogP contribution in [0.4, 0.5) is 10.5 Å². The number of aromatic nitrogens is 1. The number of hydrogen-bond acceptors (Lipinski definition) is 5. The minimum absolute atomic E-state index is 0.102. The van der Waals surface area contributed by atoms with Crippen LogP contribution in [-0.4, -0.2) is 43.9 Å². The van der Waals surface area contributed by atoms with Crippen LogP contribution in [0.15, 0.2) is 28.9 Å². The van der Waals surface area contributed by atoms with Crippen LogP contribution < -0.4 is 9.80 Å². The molecule has 1 aliphatic rings. The van der Waals surface area contributed by atoms with Gasteiger partial charge in [-0.25, -0.2) is 0 Å². The Morgan fingerprint density at radius 2 is 2.30 bits per heavy atom. The molecule has 1 unspecified atom stereocenters. The molecule has 7 nitrogen and oxygen atoms in total. The van der Waals surface area contributed by atoms with Crippen molar-refractivity contribution in [1.82, 2.24) is 15.0 Å². The smallest absolute Gasteiger partial charge is 0.400 e. The highest BCUT2D eigenvalue weighted by molar-refractivity contribution is 5.93. The number of nitrogens with zero attached hydrogens (tertiary/aromatic N) is 2. The second kappa shape index (κ2) is 4.31. The van der Waals surface area contributed by atoms with Crippen molar-refractivity contribution in [2.24, 2.45) is 0 Å². The van der Waals surface area contributed by atoms with Crippen molar-refractivity contribution in [2.75, 3.05) is 20.6 Å². The van der Waals surface area contributed by atoms with Gasteiger partial charge >= 0.3 is 6.09 Å². The molecule has 20 heavy (non-hydrogen) atoms. The van der Waals surface area contributed by atoms with Crippen LogP contribution >= 0.6 is 0 Å².